The van der Waals surface area contributed by atoms with E-state index in [9.17, 15) is 0 Å². The molecule has 4 aromatic heterocycles. The molecule has 3 aromatic carbocycles. The van der Waals surface area contributed by atoms with Crippen LogP contribution < -0.4 is 0 Å². The third-order valence-electron chi connectivity index (χ3n) is 11.8. The largest absolute Gasteiger partial charge is 0.455 e. The maximum atomic E-state index is 6.59. The van der Waals surface area contributed by atoms with Crippen molar-refractivity contribution in [2.75, 3.05) is 0 Å². The van der Waals surface area contributed by atoms with E-state index in [1.807, 2.05) is 12.3 Å². The lowest BCUT2D eigenvalue weighted by molar-refractivity contribution is 0.591. The lowest BCUT2D eigenvalue weighted by Gasteiger charge is -2.28. The number of aliphatic imine (C=N–C) groups is 1. The van der Waals surface area contributed by atoms with E-state index in [1.54, 1.807) is 0 Å². The van der Waals surface area contributed by atoms with Gasteiger partial charge < -0.3 is 4.42 Å². The summed E-state index contributed by atoms with van der Waals surface area (Å²) in [5, 5.41) is 4.59. The van der Waals surface area contributed by atoms with Gasteiger partial charge >= 0.3 is 0 Å². The van der Waals surface area contributed by atoms with Crippen molar-refractivity contribution < 1.29 is 4.42 Å². The number of rotatable bonds is 4. The monoisotopic (exact) mass is 710 g/mol. The van der Waals surface area contributed by atoms with Crippen LogP contribution in [0.3, 0.4) is 0 Å². The van der Waals surface area contributed by atoms with Crippen LogP contribution in [0, 0.1) is 11.8 Å². The summed E-state index contributed by atoms with van der Waals surface area (Å²) in [5.74, 6) is 1.10. The predicted octanol–water partition coefficient (Wildman–Crippen LogP) is 12.5. The van der Waals surface area contributed by atoms with Crippen molar-refractivity contribution in [3.05, 3.63) is 167 Å². The first-order valence-corrected chi connectivity index (χ1v) is 19.4. The van der Waals surface area contributed by atoms with Crippen molar-refractivity contribution >= 4 is 56.1 Å². The molecule has 0 spiro atoms. The topological polar surface area (TPSA) is 64.2 Å². The number of para-hydroxylation sites is 1. The van der Waals surface area contributed by atoms with Crippen molar-refractivity contribution in [1.82, 2.24) is 15.0 Å². The number of nitrogens with zero attached hydrogens (tertiary/aromatic N) is 4. The van der Waals surface area contributed by atoms with Crippen LogP contribution in [0.4, 0.5) is 0 Å². The minimum absolute atomic E-state index is 0.0609. The maximum absolute atomic E-state index is 6.59. The number of furan rings is 1. The number of aromatic nitrogens is 3. The van der Waals surface area contributed by atoms with Gasteiger partial charge in [0.25, 0.3) is 0 Å². The maximum Gasteiger partial charge on any atom is 0.143 e. The molecule has 4 unspecified atom stereocenters. The highest BCUT2D eigenvalue weighted by atomic mass is 16.3. The van der Waals surface area contributed by atoms with E-state index in [0.29, 0.717) is 11.8 Å². The molecule has 0 amide bonds. The molecule has 5 nitrogen and oxygen atoms in total. The molecule has 4 aliphatic rings. The first kappa shape index (κ1) is 32.0. The Labute approximate surface area is 319 Å². The molecule has 0 radical (unpaired) electrons. The number of allylic oxidation sites excluding steroid dienone is 6. The summed E-state index contributed by atoms with van der Waals surface area (Å²) < 4.78 is 6.59. The Balaban J connectivity index is 0.910. The summed E-state index contributed by atoms with van der Waals surface area (Å²) in [6, 6.07) is 29.9. The third-order valence-corrected chi connectivity index (χ3v) is 11.8. The molecular formula is C50H38N4O. The average Bonchev–Trinajstić information content (AvgIpc) is 3.62. The normalized spacial score (nSPS) is 21.1. The quantitative estimate of drug-likeness (QED) is 0.182. The van der Waals surface area contributed by atoms with Gasteiger partial charge in [0.05, 0.1) is 34.2 Å². The molecule has 55 heavy (non-hydrogen) atoms. The van der Waals surface area contributed by atoms with Gasteiger partial charge in [-0.05, 0) is 83.9 Å². The first-order chi connectivity index (χ1) is 27.1. The van der Waals surface area contributed by atoms with E-state index in [-0.39, 0.29) is 12.0 Å². The standard InChI is InChI=1S/C50H38N4O/c1-29-10-12-32(13-11-29)41-26-20-34-18-19-35-21-27-42(53-49(35)48(34)52-41)36-22-25-40(51-28-36)31-14-16-33(17-15-31)47-39-24-23-38-37-7-3-4-9-44(37)55-50(38)46(39)45-30(2)6-5-8-43(45)54-47/h3-5,7-10,12-30,35,49H,6,11H2,1-2H3. The van der Waals surface area contributed by atoms with E-state index in [2.05, 4.69) is 147 Å². The lowest BCUT2D eigenvalue weighted by Crippen LogP contribution is -2.20. The smallest absolute Gasteiger partial charge is 0.143 e. The van der Waals surface area contributed by atoms with E-state index >= 15 is 0 Å². The lowest BCUT2D eigenvalue weighted by atomic mass is 9.85. The highest BCUT2D eigenvalue weighted by molar-refractivity contribution is 6.18. The molecule has 0 bridgehead atoms. The van der Waals surface area contributed by atoms with E-state index < -0.39 is 0 Å². The van der Waals surface area contributed by atoms with Crippen LogP contribution in [0.2, 0.25) is 0 Å². The van der Waals surface area contributed by atoms with Gasteiger partial charge in [-0.25, -0.2) is 9.97 Å². The zero-order valence-electron chi connectivity index (χ0n) is 30.8. The van der Waals surface area contributed by atoms with Gasteiger partial charge in [0.1, 0.15) is 17.2 Å². The number of fused-ring (bicyclic) bond motifs is 10. The number of benzene rings is 3. The highest BCUT2D eigenvalue weighted by Gasteiger charge is 2.30. The van der Waals surface area contributed by atoms with Crippen LogP contribution in [0.5, 0.6) is 0 Å². The van der Waals surface area contributed by atoms with E-state index in [1.165, 1.54) is 16.5 Å². The summed E-state index contributed by atoms with van der Waals surface area (Å²) in [6.45, 7) is 4.54. The van der Waals surface area contributed by atoms with Crippen LogP contribution in [-0.2, 0) is 0 Å². The van der Waals surface area contributed by atoms with Crippen LogP contribution >= 0.6 is 0 Å². The molecule has 0 saturated heterocycles. The van der Waals surface area contributed by atoms with Gasteiger partial charge in [0, 0.05) is 50.4 Å². The Morgan fingerprint density at radius 3 is 2.35 bits per heavy atom. The van der Waals surface area contributed by atoms with Crippen LogP contribution in [0.15, 0.2) is 143 Å². The van der Waals surface area contributed by atoms with Gasteiger partial charge in [-0.1, -0.05) is 111 Å². The van der Waals surface area contributed by atoms with Crippen LogP contribution in [-0.4, -0.2) is 20.7 Å². The van der Waals surface area contributed by atoms with Crippen molar-refractivity contribution in [1.29, 1.82) is 0 Å². The summed E-state index contributed by atoms with van der Waals surface area (Å²) in [5.41, 5.74) is 14.5. The Morgan fingerprint density at radius 1 is 0.673 bits per heavy atom. The number of hydrogen-bond acceptors (Lipinski definition) is 5. The van der Waals surface area contributed by atoms with Gasteiger partial charge in [0.2, 0.25) is 0 Å². The van der Waals surface area contributed by atoms with E-state index in [0.717, 1.165) is 96.6 Å². The number of dihydropyridines is 1. The number of pyridine rings is 3. The second-order valence-electron chi connectivity index (χ2n) is 15.4. The minimum Gasteiger partial charge on any atom is -0.455 e. The second-order valence-corrected chi connectivity index (χ2v) is 15.4. The molecular weight excluding hydrogens is 673 g/mol. The molecule has 0 saturated carbocycles. The fourth-order valence-electron chi connectivity index (χ4n) is 8.81. The van der Waals surface area contributed by atoms with Gasteiger partial charge in [-0.3, -0.25) is 9.98 Å². The van der Waals surface area contributed by atoms with Crippen LogP contribution in [0.1, 0.15) is 72.4 Å². The summed E-state index contributed by atoms with van der Waals surface area (Å²) in [7, 11) is 0. The number of hydrogen-bond donors (Lipinski definition) is 0. The molecule has 11 rings (SSSR count). The first-order valence-electron chi connectivity index (χ1n) is 19.4. The fraction of sp³-hybridized carbons (Fsp3) is 0.160. The molecule has 264 valence electrons. The van der Waals surface area contributed by atoms with Gasteiger partial charge in [-0.15, -0.1) is 0 Å². The SMILES string of the molecule is CC1C=CC(c2ccc3c(n2)C2N=C(c4ccc(-c5ccc(-c6nc7c(c8c6ccc6c9ccccc9oc68)C(C)CC=C7)cc5)nc4)C=CC2C=C3)=CC1. The molecule has 5 heterocycles. The van der Waals surface area contributed by atoms with Crippen molar-refractivity contribution in [3.63, 3.8) is 0 Å². The molecule has 3 aliphatic carbocycles. The summed E-state index contributed by atoms with van der Waals surface area (Å²) in [4.78, 5) is 20.7. The molecule has 7 aromatic rings. The minimum atomic E-state index is -0.0609. The molecule has 0 N–H and O–H groups in total. The average molecular weight is 711 g/mol. The molecule has 1 aliphatic heterocycles. The summed E-state index contributed by atoms with van der Waals surface area (Å²) in [6.07, 6.45) is 24.0. The predicted molar refractivity (Wildman–Crippen MR) is 226 cm³/mol. The molecule has 0 fully saturated rings. The zero-order valence-corrected chi connectivity index (χ0v) is 30.8. The van der Waals surface area contributed by atoms with Crippen molar-refractivity contribution in [3.8, 4) is 22.5 Å². The van der Waals surface area contributed by atoms with Crippen LogP contribution in [0.25, 0.3) is 73.0 Å². The Morgan fingerprint density at radius 2 is 1.49 bits per heavy atom. The van der Waals surface area contributed by atoms with E-state index in [4.69, 9.17) is 24.4 Å². The Bertz CT molecular complexity index is 2900. The van der Waals surface area contributed by atoms with Crippen molar-refractivity contribution in [2.24, 2.45) is 16.8 Å². The second kappa shape index (κ2) is 12.6. The Hall–Kier alpha value is -6.46. The molecule has 4 atom stereocenters. The summed E-state index contributed by atoms with van der Waals surface area (Å²) >= 11 is 0. The van der Waals surface area contributed by atoms with Gasteiger partial charge in [-0.2, -0.15) is 0 Å². The Kier molecular flexibility index (Phi) is 7.31. The highest BCUT2D eigenvalue weighted by Crippen LogP contribution is 2.44. The van der Waals surface area contributed by atoms with Gasteiger partial charge in [0.15, 0.2) is 0 Å². The van der Waals surface area contributed by atoms with Crippen molar-refractivity contribution in [2.45, 2.75) is 38.6 Å². The zero-order chi connectivity index (χ0) is 36.6. The fourth-order valence-corrected chi connectivity index (χ4v) is 8.81. The molecule has 5 heteroatoms. The third kappa shape index (κ3) is 5.29.